The fourth-order valence-corrected chi connectivity index (χ4v) is 3.50. The largest absolute Gasteiger partial charge is 0.337 e. The number of hydrogen-bond donors (Lipinski definition) is 4. The van der Waals surface area contributed by atoms with Crippen molar-refractivity contribution in [1.29, 1.82) is 0 Å². The molecule has 3 rings (SSSR count). The van der Waals surface area contributed by atoms with Crippen molar-refractivity contribution in [1.82, 2.24) is 20.9 Å². The van der Waals surface area contributed by atoms with Crippen molar-refractivity contribution in [3.05, 3.63) is 29.8 Å². The minimum absolute atomic E-state index is 0.151. The Morgan fingerprint density at radius 3 is 2.74 bits per heavy atom. The number of amides is 4. The molecule has 4 N–H and O–H groups in total. The first-order chi connectivity index (χ1) is 13.1. The number of benzene rings is 1. The summed E-state index contributed by atoms with van der Waals surface area (Å²) in [5, 5.41) is 11.6. The van der Waals surface area contributed by atoms with Gasteiger partial charge in [-0.3, -0.25) is 4.90 Å². The van der Waals surface area contributed by atoms with Crippen LogP contribution in [0.25, 0.3) is 0 Å². The van der Waals surface area contributed by atoms with Crippen LogP contribution in [0.4, 0.5) is 15.3 Å². The molecule has 2 fully saturated rings. The second-order valence-corrected chi connectivity index (χ2v) is 7.41. The zero-order chi connectivity index (χ0) is 19.1. The summed E-state index contributed by atoms with van der Waals surface area (Å²) in [6.45, 7) is 5.43. The molecule has 7 heteroatoms. The predicted molar refractivity (Wildman–Crippen MR) is 107 cm³/mol. The molecule has 1 aliphatic heterocycles. The summed E-state index contributed by atoms with van der Waals surface area (Å²) in [6.07, 6.45) is 5.75. The van der Waals surface area contributed by atoms with Crippen molar-refractivity contribution >= 4 is 17.7 Å². The monoisotopic (exact) mass is 373 g/mol. The molecular formula is C20H31N5O2. The van der Waals surface area contributed by atoms with Gasteiger partial charge in [0, 0.05) is 30.9 Å². The Kier molecular flexibility index (Phi) is 6.92. The van der Waals surface area contributed by atoms with Gasteiger partial charge < -0.3 is 21.3 Å². The van der Waals surface area contributed by atoms with E-state index in [1.54, 1.807) is 0 Å². The van der Waals surface area contributed by atoms with Gasteiger partial charge in [-0.25, -0.2) is 9.59 Å². The van der Waals surface area contributed by atoms with Gasteiger partial charge in [0.05, 0.1) is 0 Å². The lowest BCUT2D eigenvalue weighted by atomic mass is 10.0. The van der Waals surface area contributed by atoms with Gasteiger partial charge in [0.15, 0.2) is 0 Å². The highest BCUT2D eigenvalue weighted by atomic mass is 16.2. The molecular weight excluding hydrogens is 342 g/mol. The molecule has 1 atom stereocenters. The molecule has 27 heavy (non-hydrogen) atoms. The number of carbonyl (C=O) groups is 2. The Bertz CT molecular complexity index is 647. The van der Waals surface area contributed by atoms with Crippen LogP contribution in [0.2, 0.25) is 0 Å². The van der Waals surface area contributed by atoms with Crippen molar-refractivity contribution < 1.29 is 9.59 Å². The number of nitrogens with zero attached hydrogens (tertiary/aromatic N) is 1. The van der Waals surface area contributed by atoms with E-state index in [4.69, 9.17) is 0 Å². The second kappa shape index (κ2) is 9.60. The minimum Gasteiger partial charge on any atom is -0.337 e. The molecule has 148 valence electrons. The van der Waals surface area contributed by atoms with Crippen LogP contribution in [0, 0.1) is 0 Å². The molecule has 1 saturated carbocycles. The van der Waals surface area contributed by atoms with Gasteiger partial charge in [-0.15, -0.1) is 0 Å². The molecule has 1 heterocycles. The predicted octanol–water partition coefficient (Wildman–Crippen LogP) is 2.64. The van der Waals surface area contributed by atoms with E-state index in [-0.39, 0.29) is 12.1 Å². The molecule has 1 aromatic carbocycles. The molecule has 0 bridgehead atoms. The highest BCUT2D eigenvalue weighted by Crippen LogP contribution is 2.19. The molecule has 7 nitrogen and oxygen atoms in total. The van der Waals surface area contributed by atoms with Gasteiger partial charge in [0.2, 0.25) is 0 Å². The summed E-state index contributed by atoms with van der Waals surface area (Å²) < 4.78 is 0. The maximum absolute atomic E-state index is 12.1. The first-order valence-corrected chi connectivity index (χ1v) is 10.1. The smallest absolute Gasteiger partial charge is 0.319 e. The maximum atomic E-state index is 12.1. The third-order valence-electron chi connectivity index (χ3n) is 5.20. The Balaban J connectivity index is 1.40. The Hall–Kier alpha value is -2.28. The van der Waals surface area contributed by atoms with E-state index in [1.165, 1.54) is 12.8 Å². The lowest BCUT2D eigenvalue weighted by molar-refractivity contribution is 0.153. The van der Waals surface area contributed by atoms with Crippen molar-refractivity contribution in [2.75, 3.05) is 25.0 Å². The van der Waals surface area contributed by atoms with Gasteiger partial charge in [-0.05, 0) is 56.5 Å². The molecule has 1 aromatic rings. The van der Waals surface area contributed by atoms with Crippen molar-refractivity contribution in [2.45, 2.75) is 57.7 Å². The minimum atomic E-state index is -0.173. The molecule has 1 unspecified atom stereocenters. The van der Waals surface area contributed by atoms with Crippen molar-refractivity contribution in [2.24, 2.45) is 0 Å². The molecule has 0 spiro atoms. The average Bonchev–Trinajstić information content (AvgIpc) is 3.49. The quantitative estimate of drug-likeness (QED) is 0.593. The number of urea groups is 2. The third kappa shape index (κ3) is 6.43. The van der Waals surface area contributed by atoms with Gasteiger partial charge in [-0.1, -0.05) is 25.5 Å². The number of carbonyl (C=O) groups excluding carboxylic acids is 2. The second-order valence-electron chi connectivity index (χ2n) is 7.41. The Morgan fingerprint density at radius 2 is 1.96 bits per heavy atom. The van der Waals surface area contributed by atoms with Gasteiger partial charge in [0.1, 0.15) is 0 Å². The van der Waals surface area contributed by atoms with E-state index in [0.29, 0.717) is 25.2 Å². The van der Waals surface area contributed by atoms with Gasteiger partial charge in [0.25, 0.3) is 0 Å². The van der Waals surface area contributed by atoms with E-state index in [1.807, 2.05) is 24.3 Å². The third-order valence-corrected chi connectivity index (χ3v) is 5.20. The van der Waals surface area contributed by atoms with Crippen molar-refractivity contribution in [3.8, 4) is 0 Å². The summed E-state index contributed by atoms with van der Waals surface area (Å²) >= 11 is 0. The maximum Gasteiger partial charge on any atom is 0.319 e. The van der Waals surface area contributed by atoms with Crippen LogP contribution in [-0.2, 0) is 6.54 Å². The van der Waals surface area contributed by atoms with E-state index >= 15 is 0 Å². The topological polar surface area (TPSA) is 85.5 Å². The lowest BCUT2D eigenvalue weighted by Crippen LogP contribution is -2.48. The molecule has 1 saturated heterocycles. The molecule has 4 amide bonds. The zero-order valence-corrected chi connectivity index (χ0v) is 16.1. The normalized spacial score (nSPS) is 20.0. The van der Waals surface area contributed by atoms with Crippen LogP contribution in [0.5, 0.6) is 0 Å². The van der Waals surface area contributed by atoms with E-state index in [0.717, 1.165) is 43.6 Å². The molecule has 0 radical (unpaired) electrons. The standard InChI is InChI=1S/C20H31N5O2/c1-2-25-11-4-3-8-18(25)14-22-19(26)21-13-15-6-5-7-17(12-15)24-20(27)23-16-9-10-16/h5-7,12,16,18H,2-4,8-11,13-14H2,1H3,(H2,21,22,26)(H2,23,24,27). The number of rotatable bonds is 7. The summed E-state index contributed by atoms with van der Waals surface area (Å²) in [4.78, 5) is 26.4. The van der Waals surface area contributed by atoms with Crippen LogP contribution in [-0.4, -0.2) is 48.7 Å². The Morgan fingerprint density at radius 1 is 1.11 bits per heavy atom. The first-order valence-electron chi connectivity index (χ1n) is 10.1. The number of nitrogens with one attached hydrogen (secondary N) is 4. The van der Waals surface area contributed by atoms with Gasteiger partial charge in [-0.2, -0.15) is 0 Å². The van der Waals surface area contributed by atoms with Crippen LogP contribution in [0.1, 0.15) is 44.6 Å². The number of likely N-dealkylation sites (tertiary alicyclic amines) is 1. The SMILES string of the molecule is CCN1CCCCC1CNC(=O)NCc1cccc(NC(=O)NC2CC2)c1. The fourth-order valence-electron chi connectivity index (χ4n) is 3.50. The number of hydrogen-bond acceptors (Lipinski definition) is 3. The van der Waals surface area contributed by atoms with Crippen LogP contribution >= 0.6 is 0 Å². The van der Waals surface area contributed by atoms with Crippen LogP contribution in [0.15, 0.2) is 24.3 Å². The van der Waals surface area contributed by atoms with E-state index < -0.39 is 0 Å². The first kappa shape index (κ1) is 19.5. The number of piperidine rings is 1. The lowest BCUT2D eigenvalue weighted by Gasteiger charge is -2.34. The summed E-state index contributed by atoms with van der Waals surface area (Å²) in [6, 6.07) is 7.98. The van der Waals surface area contributed by atoms with Crippen LogP contribution < -0.4 is 21.3 Å². The number of anilines is 1. The van der Waals surface area contributed by atoms with Crippen molar-refractivity contribution in [3.63, 3.8) is 0 Å². The van der Waals surface area contributed by atoms with E-state index in [2.05, 4.69) is 33.1 Å². The summed E-state index contributed by atoms with van der Waals surface area (Å²) in [7, 11) is 0. The fraction of sp³-hybridized carbons (Fsp3) is 0.600. The highest BCUT2D eigenvalue weighted by molar-refractivity contribution is 5.89. The van der Waals surface area contributed by atoms with Gasteiger partial charge >= 0.3 is 12.1 Å². The summed E-state index contributed by atoms with van der Waals surface area (Å²) in [5.74, 6) is 0. The van der Waals surface area contributed by atoms with E-state index in [9.17, 15) is 9.59 Å². The van der Waals surface area contributed by atoms with Crippen LogP contribution in [0.3, 0.4) is 0 Å². The molecule has 0 aromatic heterocycles. The Labute approximate surface area is 161 Å². The molecule has 2 aliphatic rings. The number of likely N-dealkylation sites (N-methyl/N-ethyl adjacent to an activating group) is 1. The average molecular weight is 374 g/mol. The highest BCUT2D eigenvalue weighted by Gasteiger charge is 2.23. The summed E-state index contributed by atoms with van der Waals surface area (Å²) in [5.41, 5.74) is 1.68. The zero-order valence-electron chi connectivity index (χ0n) is 16.1. The molecule has 1 aliphatic carbocycles.